The summed E-state index contributed by atoms with van der Waals surface area (Å²) in [7, 11) is 0. The lowest BCUT2D eigenvalue weighted by Gasteiger charge is -2.15. The van der Waals surface area contributed by atoms with E-state index in [-0.39, 0.29) is 30.1 Å². The summed E-state index contributed by atoms with van der Waals surface area (Å²) in [5.74, 6) is -1.06. The van der Waals surface area contributed by atoms with E-state index in [1.165, 1.54) is 6.92 Å². The Kier molecular flexibility index (Phi) is 6.15. The van der Waals surface area contributed by atoms with Gasteiger partial charge >= 0.3 is 5.97 Å². The molecule has 0 aliphatic carbocycles. The number of rotatable bonds is 7. The topological polar surface area (TPSA) is 63.6 Å². The number of hydrogen-bond donors (Lipinski definition) is 1. The molecule has 0 radical (unpaired) electrons. The van der Waals surface area contributed by atoms with Crippen molar-refractivity contribution in [2.75, 3.05) is 0 Å². The molecular formula is C14H16O4S. The van der Waals surface area contributed by atoms with Crippen molar-refractivity contribution < 1.29 is 19.4 Å². The van der Waals surface area contributed by atoms with E-state index >= 15 is 0 Å². The van der Waals surface area contributed by atoms with Gasteiger partial charge in [-0.1, -0.05) is 30.3 Å². The molecule has 0 amide bonds. The minimum atomic E-state index is -1.06. The quantitative estimate of drug-likeness (QED) is 0.777. The fourth-order valence-electron chi connectivity index (χ4n) is 1.50. The maximum atomic E-state index is 11.1. The Morgan fingerprint density at radius 3 is 2.42 bits per heavy atom. The highest BCUT2D eigenvalue weighted by Gasteiger charge is 2.21. The summed E-state index contributed by atoms with van der Waals surface area (Å²) in [6, 6.07) is 9.19. The molecule has 0 saturated carbocycles. The first-order valence-corrected chi connectivity index (χ1v) is 6.35. The first kappa shape index (κ1) is 15.3. The van der Waals surface area contributed by atoms with Crippen molar-refractivity contribution >= 4 is 29.0 Å². The van der Waals surface area contributed by atoms with Crippen LogP contribution in [-0.2, 0) is 20.7 Å². The fourth-order valence-corrected chi connectivity index (χ4v) is 1.72. The van der Waals surface area contributed by atoms with E-state index in [1.807, 2.05) is 30.3 Å². The van der Waals surface area contributed by atoms with Crippen molar-refractivity contribution in [3.05, 3.63) is 35.9 Å². The number of carboxylic acid groups (broad SMARTS) is 1. The second-order valence-electron chi connectivity index (χ2n) is 4.21. The zero-order valence-corrected chi connectivity index (χ0v) is 11.5. The number of ketones is 1. The lowest BCUT2D eigenvalue weighted by atomic mass is 10.1. The summed E-state index contributed by atoms with van der Waals surface area (Å²) in [5, 5.41) is 9.27. The third kappa shape index (κ3) is 6.10. The normalized spacial score (nSPS) is 11.6. The van der Waals surface area contributed by atoms with E-state index < -0.39 is 12.1 Å². The van der Waals surface area contributed by atoms with Gasteiger partial charge in [-0.2, -0.15) is 0 Å². The van der Waals surface area contributed by atoms with Crippen LogP contribution in [0, 0.1) is 0 Å². The number of carbonyl (C=O) groups is 2. The number of ether oxygens (including phenoxy) is 1. The summed E-state index contributed by atoms with van der Waals surface area (Å²) in [4.78, 5) is 22.0. The van der Waals surface area contributed by atoms with Crippen LogP contribution in [-0.4, -0.2) is 28.0 Å². The molecule has 0 fully saturated rings. The minimum Gasteiger partial charge on any atom is -0.478 e. The highest BCUT2D eigenvalue weighted by atomic mass is 32.1. The van der Waals surface area contributed by atoms with Crippen LogP contribution < -0.4 is 0 Å². The second kappa shape index (κ2) is 7.63. The number of benzene rings is 1. The Hall–Kier alpha value is -1.75. The highest BCUT2D eigenvalue weighted by Crippen LogP contribution is 2.09. The van der Waals surface area contributed by atoms with Crippen LogP contribution in [0.3, 0.4) is 0 Å². The van der Waals surface area contributed by atoms with Crippen molar-refractivity contribution in [3.63, 3.8) is 0 Å². The summed E-state index contributed by atoms with van der Waals surface area (Å²) in [6.07, 6.45) is -0.210. The van der Waals surface area contributed by atoms with E-state index in [1.54, 1.807) is 0 Å². The standard InChI is InChI=1S/C14H16O4S/c1-10(15)7-8-13(19)18-12(14(16)17)9-11-5-3-2-4-6-11/h2-6,12H,7-9H2,1H3,(H,16,17). The fraction of sp³-hybridized carbons (Fsp3) is 0.357. The van der Waals surface area contributed by atoms with Crippen LogP contribution >= 0.6 is 12.2 Å². The molecule has 19 heavy (non-hydrogen) atoms. The monoisotopic (exact) mass is 280 g/mol. The Bertz CT molecular complexity index is 456. The maximum Gasteiger partial charge on any atom is 0.345 e. The molecule has 0 saturated heterocycles. The van der Waals surface area contributed by atoms with Crippen molar-refractivity contribution in [1.82, 2.24) is 0 Å². The first-order valence-electron chi connectivity index (χ1n) is 5.94. The molecule has 0 bridgehead atoms. The molecule has 0 aliphatic heterocycles. The summed E-state index contributed by atoms with van der Waals surface area (Å²) in [5.41, 5.74) is 0.865. The second-order valence-corrected chi connectivity index (χ2v) is 4.66. The average Bonchev–Trinajstić information content (AvgIpc) is 2.36. The summed E-state index contributed by atoms with van der Waals surface area (Å²) in [6.45, 7) is 1.46. The van der Waals surface area contributed by atoms with Crippen LogP contribution in [0.2, 0.25) is 0 Å². The van der Waals surface area contributed by atoms with Crippen molar-refractivity contribution in [1.29, 1.82) is 0 Å². The van der Waals surface area contributed by atoms with Crippen LogP contribution in [0.15, 0.2) is 30.3 Å². The smallest absolute Gasteiger partial charge is 0.345 e. The Morgan fingerprint density at radius 1 is 1.26 bits per heavy atom. The van der Waals surface area contributed by atoms with Gasteiger partial charge in [0.05, 0.1) is 0 Å². The molecule has 102 valence electrons. The Balaban J connectivity index is 2.56. The summed E-state index contributed by atoms with van der Waals surface area (Å²) < 4.78 is 5.25. The van der Waals surface area contributed by atoms with Gasteiger partial charge in [0.15, 0.2) is 11.2 Å². The molecule has 5 heteroatoms. The van der Waals surface area contributed by atoms with Gasteiger partial charge in [-0.05, 0) is 24.7 Å². The van der Waals surface area contributed by atoms with Crippen molar-refractivity contribution in [2.45, 2.75) is 32.3 Å². The van der Waals surface area contributed by atoms with Gasteiger partial charge < -0.3 is 14.6 Å². The predicted molar refractivity (Wildman–Crippen MR) is 75.2 cm³/mol. The van der Waals surface area contributed by atoms with E-state index in [0.29, 0.717) is 0 Å². The van der Waals surface area contributed by atoms with Gasteiger partial charge in [0.2, 0.25) is 0 Å². The molecular weight excluding hydrogens is 264 g/mol. The Morgan fingerprint density at radius 2 is 1.89 bits per heavy atom. The van der Waals surface area contributed by atoms with Gasteiger partial charge in [-0.25, -0.2) is 4.79 Å². The molecule has 0 spiro atoms. The maximum absolute atomic E-state index is 11.1. The average molecular weight is 280 g/mol. The van der Waals surface area contributed by atoms with Crippen LogP contribution in [0.1, 0.15) is 25.3 Å². The number of thiocarbonyl (C=S) groups is 1. The van der Waals surface area contributed by atoms with E-state index in [4.69, 9.17) is 22.1 Å². The molecule has 1 aromatic carbocycles. The molecule has 0 aliphatic rings. The number of carbonyl (C=O) groups excluding carboxylic acids is 1. The largest absolute Gasteiger partial charge is 0.478 e. The van der Waals surface area contributed by atoms with Gasteiger partial charge in [0, 0.05) is 19.3 Å². The molecule has 1 aromatic rings. The third-order valence-corrected chi connectivity index (χ3v) is 2.79. The molecule has 1 atom stereocenters. The number of Topliss-reactive ketones (excluding diaryl/α,β-unsaturated/α-hetero) is 1. The highest BCUT2D eigenvalue weighted by molar-refractivity contribution is 7.80. The van der Waals surface area contributed by atoms with E-state index in [9.17, 15) is 9.59 Å². The van der Waals surface area contributed by atoms with Gasteiger partial charge in [0.25, 0.3) is 0 Å². The lowest BCUT2D eigenvalue weighted by Crippen LogP contribution is -2.28. The first-order chi connectivity index (χ1) is 8.99. The third-order valence-electron chi connectivity index (χ3n) is 2.49. The molecule has 1 unspecified atom stereocenters. The zero-order valence-electron chi connectivity index (χ0n) is 10.7. The van der Waals surface area contributed by atoms with Crippen LogP contribution in [0.25, 0.3) is 0 Å². The SMILES string of the molecule is CC(=O)CCC(=S)OC(Cc1ccccc1)C(=O)O. The molecule has 0 aromatic heterocycles. The zero-order chi connectivity index (χ0) is 14.3. The number of carboxylic acids is 1. The van der Waals surface area contributed by atoms with E-state index in [0.717, 1.165) is 5.56 Å². The number of aliphatic carboxylic acids is 1. The molecule has 1 rings (SSSR count). The van der Waals surface area contributed by atoms with Crippen molar-refractivity contribution in [3.8, 4) is 0 Å². The molecule has 4 nitrogen and oxygen atoms in total. The van der Waals surface area contributed by atoms with Gasteiger partial charge in [0.1, 0.15) is 5.78 Å². The molecule has 0 heterocycles. The van der Waals surface area contributed by atoms with Gasteiger partial charge in [-0.3, -0.25) is 0 Å². The van der Waals surface area contributed by atoms with E-state index in [2.05, 4.69) is 0 Å². The number of hydrogen-bond acceptors (Lipinski definition) is 4. The van der Waals surface area contributed by atoms with Gasteiger partial charge in [-0.15, -0.1) is 0 Å². The Labute approximate surface area is 117 Å². The summed E-state index contributed by atoms with van der Waals surface area (Å²) >= 11 is 4.95. The molecule has 1 N–H and O–H groups in total. The van der Waals surface area contributed by atoms with Crippen LogP contribution in [0.4, 0.5) is 0 Å². The van der Waals surface area contributed by atoms with Crippen LogP contribution in [0.5, 0.6) is 0 Å². The minimum absolute atomic E-state index is 0.000819. The predicted octanol–water partition coefficient (Wildman–Crippen LogP) is 2.40. The lowest BCUT2D eigenvalue weighted by molar-refractivity contribution is -0.145. The van der Waals surface area contributed by atoms with Crippen molar-refractivity contribution in [2.24, 2.45) is 0 Å².